The van der Waals surface area contributed by atoms with Crippen LogP contribution >= 0.6 is 0 Å². The molecule has 0 heterocycles. The fraction of sp³-hybridized carbons (Fsp3) is 0.125. The fourth-order valence-electron chi connectivity index (χ4n) is 1.96. The number of halogens is 1. The Morgan fingerprint density at radius 3 is 2.48 bits per heavy atom. The van der Waals surface area contributed by atoms with Crippen LogP contribution in [0.25, 0.3) is 0 Å². The molecular formula is C16H14FNO3. The maximum absolute atomic E-state index is 13.9. The molecule has 0 aliphatic rings. The van der Waals surface area contributed by atoms with E-state index in [9.17, 15) is 14.0 Å². The van der Waals surface area contributed by atoms with Gasteiger partial charge in [0.2, 0.25) is 0 Å². The Morgan fingerprint density at radius 2 is 1.81 bits per heavy atom. The predicted octanol–water partition coefficient (Wildman–Crippen LogP) is 3.39. The summed E-state index contributed by atoms with van der Waals surface area (Å²) in [6.07, 6.45) is 0. The summed E-state index contributed by atoms with van der Waals surface area (Å²) in [4.78, 5) is 23.3. The molecule has 21 heavy (non-hydrogen) atoms. The molecule has 0 radical (unpaired) electrons. The van der Waals surface area contributed by atoms with Gasteiger partial charge in [0.05, 0.1) is 16.8 Å². The van der Waals surface area contributed by atoms with Gasteiger partial charge in [-0.15, -0.1) is 0 Å². The molecule has 0 aromatic heterocycles. The van der Waals surface area contributed by atoms with E-state index >= 15 is 0 Å². The number of benzene rings is 2. The van der Waals surface area contributed by atoms with Crippen molar-refractivity contribution >= 4 is 17.6 Å². The zero-order chi connectivity index (χ0) is 15.6. The highest BCUT2D eigenvalue weighted by Gasteiger charge is 2.17. The van der Waals surface area contributed by atoms with Crippen LogP contribution in [0.15, 0.2) is 36.4 Å². The van der Waals surface area contributed by atoms with Crippen molar-refractivity contribution in [2.24, 2.45) is 0 Å². The van der Waals surface area contributed by atoms with Gasteiger partial charge < -0.3 is 10.4 Å². The molecule has 2 aromatic carbocycles. The first-order chi connectivity index (χ1) is 9.90. The summed E-state index contributed by atoms with van der Waals surface area (Å²) in [6.45, 7) is 3.30. The molecule has 2 N–H and O–H groups in total. The van der Waals surface area contributed by atoms with Crippen molar-refractivity contribution in [1.82, 2.24) is 0 Å². The molecule has 0 atom stereocenters. The van der Waals surface area contributed by atoms with Gasteiger partial charge in [0.25, 0.3) is 5.91 Å². The second kappa shape index (κ2) is 5.75. The summed E-state index contributed by atoms with van der Waals surface area (Å²) >= 11 is 0. The third kappa shape index (κ3) is 3.08. The number of aryl methyl sites for hydroxylation is 2. The number of hydrogen-bond acceptors (Lipinski definition) is 2. The number of carbonyl (C=O) groups is 2. The third-order valence-electron chi connectivity index (χ3n) is 3.09. The van der Waals surface area contributed by atoms with E-state index in [0.29, 0.717) is 5.56 Å². The van der Waals surface area contributed by atoms with Crippen LogP contribution in [-0.2, 0) is 0 Å². The van der Waals surface area contributed by atoms with E-state index in [0.717, 1.165) is 5.56 Å². The molecule has 5 heteroatoms. The largest absolute Gasteiger partial charge is 0.478 e. The lowest BCUT2D eigenvalue weighted by Crippen LogP contribution is -2.16. The minimum Gasteiger partial charge on any atom is -0.478 e. The van der Waals surface area contributed by atoms with Crippen molar-refractivity contribution in [3.05, 3.63) is 64.5 Å². The molecule has 0 unspecified atom stereocenters. The zero-order valence-electron chi connectivity index (χ0n) is 11.6. The minimum atomic E-state index is -1.15. The van der Waals surface area contributed by atoms with Gasteiger partial charge in [0, 0.05) is 0 Å². The first kappa shape index (κ1) is 14.7. The van der Waals surface area contributed by atoms with Gasteiger partial charge in [-0.3, -0.25) is 4.79 Å². The maximum Gasteiger partial charge on any atom is 0.337 e. The van der Waals surface area contributed by atoms with Crippen LogP contribution in [0.4, 0.5) is 10.1 Å². The van der Waals surface area contributed by atoms with Gasteiger partial charge in [-0.2, -0.15) is 0 Å². The van der Waals surface area contributed by atoms with E-state index in [1.165, 1.54) is 18.2 Å². The fourth-order valence-corrected chi connectivity index (χ4v) is 1.96. The van der Waals surface area contributed by atoms with Gasteiger partial charge in [-0.05, 0) is 37.6 Å². The number of carboxylic acid groups (broad SMARTS) is 1. The summed E-state index contributed by atoms with van der Waals surface area (Å²) in [5, 5.41) is 11.6. The van der Waals surface area contributed by atoms with Crippen LogP contribution in [0.1, 0.15) is 31.8 Å². The molecule has 0 spiro atoms. The monoisotopic (exact) mass is 287 g/mol. The predicted molar refractivity (Wildman–Crippen MR) is 77.2 cm³/mol. The lowest BCUT2D eigenvalue weighted by atomic mass is 10.1. The lowest BCUT2D eigenvalue weighted by Gasteiger charge is -2.10. The topological polar surface area (TPSA) is 66.4 Å². The standard InChI is InChI=1S/C16H14FNO3/c1-9-6-7-13(12(8-9)16(20)21)18-15(19)11-5-3-4-10(2)14(11)17/h3-8H,1-2H3,(H,18,19)(H,20,21). The highest BCUT2D eigenvalue weighted by molar-refractivity contribution is 6.08. The van der Waals surface area contributed by atoms with Gasteiger partial charge >= 0.3 is 5.97 Å². The molecule has 0 aliphatic heterocycles. The summed E-state index contributed by atoms with van der Waals surface area (Å²) in [5.74, 6) is -2.44. The van der Waals surface area contributed by atoms with E-state index in [1.54, 1.807) is 32.0 Å². The average Bonchev–Trinajstić information content (AvgIpc) is 2.43. The van der Waals surface area contributed by atoms with Crippen LogP contribution in [0.3, 0.4) is 0 Å². The lowest BCUT2D eigenvalue weighted by molar-refractivity contribution is 0.0698. The quantitative estimate of drug-likeness (QED) is 0.909. The molecule has 0 fully saturated rings. The van der Waals surface area contributed by atoms with Crippen LogP contribution in [-0.4, -0.2) is 17.0 Å². The van der Waals surface area contributed by atoms with E-state index in [-0.39, 0.29) is 16.8 Å². The molecule has 0 bridgehead atoms. The van der Waals surface area contributed by atoms with Gasteiger partial charge in [-0.1, -0.05) is 23.8 Å². The number of amides is 1. The Balaban J connectivity index is 2.36. The number of carbonyl (C=O) groups excluding carboxylic acids is 1. The van der Waals surface area contributed by atoms with E-state index in [4.69, 9.17) is 5.11 Å². The molecule has 0 saturated heterocycles. The third-order valence-corrected chi connectivity index (χ3v) is 3.09. The first-order valence-electron chi connectivity index (χ1n) is 6.30. The normalized spacial score (nSPS) is 10.2. The zero-order valence-corrected chi connectivity index (χ0v) is 11.6. The van der Waals surface area contributed by atoms with Crippen molar-refractivity contribution in [2.45, 2.75) is 13.8 Å². The molecule has 4 nitrogen and oxygen atoms in total. The van der Waals surface area contributed by atoms with Crippen molar-refractivity contribution in [2.75, 3.05) is 5.32 Å². The molecular weight excluding hydrogens is 273 g/mol. The SMILES string of the molecule is Cc1ccc(NC(=O)c2cccc(C)c2F)c(C(=O)O)c1. The Bertz CT molecular complexity index is 725. The molecule has 0 saturated carbocycles. The van der Waals surface area contributed by atoms with Crippen LogP contribution < -0.4 is 5.32 Å². The molecule has 1 amide bonds. The maximum atomic E-state index is 13.9. The van der Waals surface area contributed by atoms with Crippen molar-refractivity contribution in [1.29, 1.82) is 0 Å². The van der Waals surface area contributed by atoms with Crippen molar-refractivity contribution in [3.63, 3.8) is 0 Å². The molecule has 0 aliphatic carbocycles. The Hall–Kier alpha value is -2.69. The number of aromatic carboxylic acids is 1. The molecule has 2 aromatic rings. The van der Waals surface area contributed by atoms with E-state index in [2.05, 4.69) is 5.32 Å². The van der Waals surface area contributed by atoms with E-state index < -0.39 is 17.7 Å². The number of nitrogens with one attached hydrogen (secondary N) is 1. The smallest absolute Gasteiger partial charge is 0.337 e. The summed E-state index contributed by atoms with van der Waals surface area (Å²) in [5.41, 5.74) is 1.10. The van der Waals surface area contributed by atoms with Crippen molar-refractivity contribution < 1.29 is 19.1 Å². The highest BCUT2D eigenvalue weighted by Crippen LogP contribution is 2.20. The molecule has 108 valence electrons. The summed E-state index contributed by atoms with van der Waals surface area (Å²) < 4.78 is 13.9. The van der Waals surface area contributed by atoms with Gasteiger partial charge in [0.1, 0.15) is 5.82 Å². The molecule has 2 rings (SSSR count). The van der Waals surface area contributed by atoms with Gasteiger partial charge in [-0.25, -0.2) is 9.18 Å². The Kier molecular flexibility index (Phi) is 4.03. The second-order valence-corrected chi connectivity index (χ2v) is 4.74. The Morgan fingerprint density at radius 1 is 1.10 bits per heavy atom. The van der Waals surface area contributed by atoms with Gasteiger partial charge in [0.15, 0.2) is 0 Å². The van der Waals surface area contributed by atoms with Crippen LogP contribution in [0.2, 0.25) is 0 Å². The van der Waals surface area contributed by atoms with Crippen LogP contribution in [0, 0.1) is 19.7 Å². The second-order valence-electron chi connectivity index (χ2n) is 4.74. The number of anilines is 1. The first-order valence-corrected chi connectivity index (χ1v) is 6.30. The van der Waals surface area contributed by atoms with E-state index in [1.807, 2.05) is 0 Å². The number of rotatable bonds is 3. The Labute approximate surface area is 121 Å². The number of hydrogen-bond donors (Lipinski definition) is 2. The summed E-state index contributed by atoms with van der Waals surface area (Å²) in [7, 11) is 0. The summed E-state index contributed by atoms with van der Waals surface area (Å²) in [6, 6.07) is 9.09. The average molecular weight is 287 g/mol. The highest BCUT2D eigenvalue weighted by atomic mass is 19.1. The number of carboxylic acids is 1. The minimum absolute atomic E-state index is 0.0311. The van der Waals surface area contributed by atoms with Crippen molar-refractivity contribution in [3.8, 4) is 0 Å². The van der Waals surface area contributed by atoms with Crippen LogP contribution in [0.5, 0.6) is 0 Å².